The molecule has 20 heavy (non-hydrogen) atoms. The van der Waals surface area contributed by atoms with Crippen LogP contribution in [-0.2, 0) is 0 Å². The number of nitro groups is 1. The molecule has 0 aliphatic heterocycles. The van der Waals surface area contributed by atoms with Crippen LogP contribution in [0.15, 0.2) is 16.7 Å². The normalized spacial score (nSPS) is 12.8. The Morgan fingerprint density at radius 2 is 2.15 bits per heavy atom. The van der Waals surface area contributed by atoms with E-state index in [0.29, 0.717) is 16.2 Å². The van der Waals surface area contributed by atoms with Gasteiger partial charge in [0.15, 0.2) is 0 Å². The molecule has 0 bridgehead atoms. The van der Waals surface area contributed by atoms with Crippen molar-refractivity contribution in [2.45, 2.75) is 26.3 Å². The minimum atomic E-state index is -0.451. The molecule has 0 spiro atoms. The maximum Gasteiger partial charge on any atom is 0.288 e. The quantitative estimate of drug-likeness (QED) is 0.607. The molecule has 1 rings (SSSR count). The standard InChI is InChI=1S/C13H21BrN4O2/c1-9(2)5-10(8-17(3)4)16-13-12(14)6-11(7-15-13)18(19)20/h6-7,9-10H,5,8H2,1-4H3,(H,15,16). The summed E-state index contributed by atoms with van der Waals surface area (Å²) < 4.78 is 0.610. The molecule has 0 amide bonds. The van der Waals surface area contributed by atoms with Gasteiger partial charge in [0.25, 0.3) is 5.69 Å². The molecule has 0 aliphatic rings. The lowest BCUT2D eigenvalue weighted by Crippen LogP contribution is -2.33. The second-order valence-electron chi connectivity index (χ2n) is 5.51. The number of anilines is 1. The van der Waals surface area contributed by atoms with E-state index in [1.807, 2.05) is 14.1 Å². The van der Waals surface area contributed by atoms with E-state index in [0.717, 1.165) is 13.0 Å². The predicted octanol–water partition coefficient (Wildman–Crippen LogP) is 3.14. The van der Waals surface area contributed by atoms with Crippen LogP contribution >= 0.6 is 15.9 Å². The molecule has 6 nitrogen and oxygen atoms in total. The topological polar surface area (TPSA) is 71.3 Å². The Labute approximate surface area is 127 Å². The number of aromatic nitrogens is 1. The smallest absolute Gasteiger partial charge is 0.288 e. The molecular formula is C13H21BrN4O2. The van der Waals surface area contributed by atoms with Gasteiger partial charge >= 0.3 is 0 Å². The molecule has 1 atom stereocenters. The molecule has 0 fully saturated rings. The second kappa shape index (κ2) is 7.54. The fourth-order valence-corrected chi connectivity index (χ4v) is 2.47. The van der Waals surface area contributed by atoms with E-state index in [1.165, 1.54) is 12.3 Å². The third-order valence-corrected chi connectivity index (χ3v) is 3.32. The number of nitrogens with one attached hydrogen (secondary N) is 1. The van der Waals surface area contributed by atoms with E-state index in [4.69, 9.17) is 0 Å². The Kier molecular flexibility index (Phi) is 6.35. The van der Waals surface area contributed by atoms with Gasteiger partial charge in [-0.25, -0.2) is 4.98 Å². The number of hydrogen-bond donors (Lipinski definition) is 1. The SMILES string of the molecule is CC(C)CC(CN(C)C)Nc1ncc([N+](=O)[O-])cc1Br. The molecule has 1 aromatic rings. The zero-order chi connectivity index (χ0) is 15.3. The molecule has 1 aromatic heterocycles. The number of halogens is 1. The van der Waals surface area contributed by atoms with Crippen molar-refractivity contribution in [1.29, 1.82) is 0 Å². The largest absolute Gasteiger partial charge is 0.365 e. The lowest BCUT2D eigenvalue weighted by Gasteiger charge is -2.24. The van der Waals surface area contributed by atoms with Crippen LogP contribution in [0.1, 0.15) is 20.3 Å². The van der Waals surface area contributed by atoms with Crippen molar-refractivity contribution in [2.24, 2.45) is 5.92 Å². The van der Waals surface area contributed by atoms with Crippen LogP contribution < -0.4 is 5.32 Å². The molecule has 1 N–H and O–H groups in total. The summed E-state index contributed by atoms with van der Waals surface area (Å²) in [4.78, 5) is 16.5. The summed E-state index contributed by atoms with van der Waals surface area (Å²) in [6.07, 6.45) is 2.28. The molecule has 1 unspecified atom stereocenters. The molecule has 0 saturated carbocycles. The van der Waals surface area contributed by atoms with Crippen LogP contribution in [0, 0.1) is 16.0 Å². The number of pyridine rings is 1. The van der Waals surface area contributed by atoms with Gasteiger partial charge in [-0.05, 0) is 42.4 Å². The van der Waals surface area contributed by atoms with Crippen LogP contribution in [0.25, 0.3) is 0 Å². The predicted molar refractivity (Wildman–Crippen MR) is 84.0 cm³/mol. The zero-order valence-corrected chi connectivity index (χ0v) is 13.8. The summed E-state index contributed by atoms with van der Waals surface area (Å²) in [6, 6.07) is 1.72. The molecule has 112 valence electrons. The van der Waals surface area contributed by atoms with E-state index >= 15 is 0 Å². The van der Waals surface area contributed by atoms with Crippen molar-refractivity contribution in [3.63, 3.8) is 0 Å². The van der Waals surface area contributed by atoms with Crippen molar-refractivity contribution in [1.82, 2.24) is 9.88 Å². The van der Waals surface area contributed by atoms with E-state index in [9.17, 15) is 10.1 Å². The fraction of sp³-hybridized carbons (Fsp3) is 0.615. The van der Waals surface area contributed by atoms with E-state index in [2.05, 4.69) is 45.0 Å². The lowest BCUT2D eigenvalue weighted by molar-refractivity contribution is -0.385. The lowest BCUT2D eigenvalue weighted by atomic mass is 10.0. The Bertz CT molecular complexity index is 456. The summed E-state index contributed by atoms with van der Waals surface area (Å²) >= 11 is 3.33. The Hall–Kier alpha value is -1.21. The van der Waals surface area contributed by atoms with Crippen molar-refractivity contribution in [3.05, 3.63) is 26.9 Å². The van der Waals surface area contributed by atoms with Gasteiger partial charge in [-0.2, -0.15) is 0 Å². The highest BCUT2D eigenvalue weighted by atomic mass is 79.9. The van der Waals surface area contributed by atoms with E-state index in [-0.39, 0.29) is 11.7 Å². The van der Waals surface area contributed by atoms with Crippen molar-refractivity contribution in [3.8, 4) is 0 Å². The maximum absolute atomic E-state index is 10.7. The van der Waals surface area contributed by atoms with Crippen LogP contribution in [-0.4, -0.2) is 41.5 Å². The second-order valence-corrected chi connectivity index (χ2v) is 6.37. The number of rotatable bonds is 7. The molecule has 0 saturated heterocycles. The summed E-state index contributed by atoms with van der Waals surface area (Å²) in [5.74, 6) is 1.20. The first-order chi connectivity index (χ1) is 9.29. The van der Waals surface area contributed by atoms with Gasteiger partial charge in [0.2, 0.25) is 0 Å². The monoisotopic (exact) mass is 344 g/mol. The first-order valence-electron chi connectivity index (χ1n) is 6.50. The average Bonchev–Trinajstić information content (AvgIpc) is 2.29. The van der Waals surface area contributed by atoms with E-state index < -0.39 is 4.92 Å². The van der Waals surface area contributed by atoms with Gasteiger partial charge in [-0.15, -0.1) is 0 Å². The Balaban J connectivity index is 2.84. The fourth-order valence-electron chi connectivity index (χ4n) is 2.02. The van der Waals surface area contributed by atoms with Crippen LogP contribution in [0.3, 0.4) is 0 Å². The molecule has 7 heteroatoms. The van der Waals surface area contributed by atoms with Gasteiger partial charge < -0.3 is 10.2 Å². The van der Waals surface area contributed by atoms with Crippen molar-refractivity contribution >= 4 is 27.4 Å². The Morgan fingerprint density at radius 3 is 2.60 bits per heavy atom. The van der Waals surface area contributed by atoms with E-state index in [1.54, 1.807) is 0 Å². The summed E-state index contributed by atoms with van der Waals surface area (Å²) in [6.45, 7) is 5.22. The molecule has 0 aromatic carbocycles. The van der Waals surface area contributed by atoms with Crippen LogP contribution in [0.2, 0.25) is 0 Å². The molecular weight excluding hydrogens is 324 g/mol. The third kappa shape index (κ3) is 5.42. The van der Waals surface area contributed by atoms with Crippen molar-refractivity contribution in [2.75, 3.05) is 26.0 Å². The Morgan fingerprint density at radius 1 is 1.50 bits per heavy atom. The number of nitrogens with zero attached hydrogens (tertiary/aromatic N) is 3. The molecule has 0 aliphatic carbocycles. The first-order valence-corrected chi connectivity index (χ1v) is 7.30. The molecule has 0 radical (unpaired) electrons. The van der Waals surface area contributed by atoms with Crippen LogP contribution in [0.4, 0.5) is 11.5 Å². The maximum atomic E-state index is 10.7. The van der Waals surface area contributed by atoms with Crippen molar-refractivity contribution < 1.29 is 4.92 Å². The van der Waals surface area contributed by atoms with Gasteiger partial charge in [-0.1, -0.05) is 13.8 Å². The first kappa shape index (κ1) is 16.8. The highest BCUT2D eigenvalue weighted by Crippen LogP contribution is 2.25. The van der Waals surface area contributed by atoms with Gasteiger partial charge in [-0.3, -0.25) is 10.1 Å². The minimum absolute atomic E-state index is 0.0181. The third-order valence-electron chi connectivity index (χ3n) is 2.72. The van der Waals surface area contributed by atoms with Gasteiger partial charge in [0.05, 0.1) is 9.40 Å². The highest BCUT2D eigenvalue weighted by molar-refractivity contribution is 9.10. The highest BCUT2D eigenvalue weighted by Gasteiger charge is 2.16. The number of likely N-dealkylation sites (N-methyl/N-ethyl adjacent to an activating group) is 1. The summed E-state index contributed by atoms with van der Waals surface area (Å²) in [7, 11) is 4.04. The molecule has 1 heterocycles. The van der Waals surface area contributed by atoms with Gasteiger partial charge in [0.1, 0.15) is 12.0 Å². The summed E-state index contributed by atoms with van der Waals surface area (Å²) in [5.41, 5.74) is -0.0181. The minimum Gasteiger partial charge on any atom is -0.365 e. The summed E-state index contributed by atoms with van der Waals surface area (Å²) in [5, 5.41) is 14.0. The zero-order valence-electron chi connectivity index (χ0n) is 12.3. The van der Waals surface area contributed by atoms with Gasteiger partial charge in [0, 0.05) is 18.7 Å². The average molecular weight is 345 g/mol. The van der Waals surface area contributed by atoms with Crippen LogP contribution in [0.5, 0.6) is 0 Å². The number of hydrogen-bond acceptors (Lipinski definition) is 5.